The van der Waals surface area contributed by atoms with Crippen LogP contribution in [0, 0.1) is 11.6 Å². The van der Waals surface area contributed by atoms with Crippen molar-refractivity contribution in [1.29, 1.82) is 0 Å². The highest BCUT2D eigenvalue weighted by molar-refractivity contribution is 5.87. The molecule has 0 radical (unpaired) electrons. The molecule has 2 saturated heterocycles. The molecular formula is C22H23F2N5O3. The Morgan fingerprint density at radius 2 is 2.06 bits per heavy atom. The van der Waals surface area contributed by atoms with Gasteiger partial charge in [0.15, 0.2) is 17.4 Å². The molecule has 0 saturated carbocycles. The quantitative estimate of drug-likeness (QED) is 0.575. The zero-order valence-corrected chi connectivity index (χ0v) is 17.3. The third-order valence-corrected chi connectivity index (χ3v) is 5.51. The summed E-state index contributed by atoms with van der Waals surface area (Å²) in [6.07, 6.45) is 3.96. The molecule has 168 valence electrons. The monoisotopic (exact) mass is 443 g/mol. The zero-order valence-electron chi connectivity index (χ0n) is 17.3. The minimum absolute atomic E-state index is 0.0368. The van der Waals surface area contributed by atoms with Crippen LogP contribution in [0.5, 0.6) is 11.6 Å². The first-order chi connectivity index (χ1) is 15.7. The number of fused-ring (bicyclic) bond motifs is 1. The number of anilines is 2. The van der Waals surface area contributed by atoms with Crippen LogP contribution in [-0.4, -0.2) is 53.5 Å². The fourth-order valence-corrected chi connectivity index (χ4v) is 3.80. The number of benzene rings is 1. The van der Waals surface area contributed by atoms with E-state index in [4.69, 9.17) is 14.2 Å². The summed E-state index contributed by atoms with van der Waals surface area (Å²) < 4.78 is 46.1. The summed E-state index contributed by atoms with van der Waals surface area (Å²) in [6, 6.07) is 6.28. The van der Waals surface area contributed by atoms with E-state index in [9.17, 15) is 8.78 Å². The molecule has 2 N–H and O–H groups in total. The van der Waals surface area contributed by atoms with Gasteiger partial charge in [-0.15, -0.1) is 0 Å². The molecule has 2 fully saturated rings. The van der Waals surface area contributed by atoms with E-state index in [-0.39, 0.29) is 36.1 Å². The molecule has 2 aliphatic rings. The Kier molecular flexibility index (Phi) is 5.95. The van der Waals surface area contributed by atoms with Crippen molar-refractivity contribution < 1.29 is 23.0 Å². The molecule has 0 amide bonds. The van der Waals surface area contributed by atoms with Crippen LogP contribution in [0.15, 0.2) is 30.6 Å². The van der Waals surface area contributed by atoms with Gasteiger partial charge in [0.2, 0.25) is 11.7 Å². The van der Waals surface area contributed by atoms with Crippen molar-refractivity contribution in [1.82, 2.24) is 20.3 Å². The summed E-state index contributed by atoms with van der Waals surface area (Å²) in [7, 11) is 0. The van der Waals surface area contributed by atoms with Crippen LogP contribution in [0.4, 0.5) is 20.3 Å². The molecule has 3 aromatic rings. The number of aromatic nitrogens is 3. The Balaban J connectivity index is 1.36. The zero-order chi connectivity index (χ0) is 21.9. The van der Waals surface area contributed by atoms with Gasteiger partial charge >= 0.3 is 0 Å². The van der Waals surface area contributed by atoms with Crippen LogP contribution in [-0.2, 0) is 4.74 Å². The normalized spacial score (nSPS) is 20.6. The second-order valence-electron chi connectivity index (χ2n) is 7.78. The SMILES string of the molecule is Fc1c(Nc2ncnc3ccc(O[C@H]4CCNC4)nc23)ccc(OC[C@@H]2CCCO2)c1F. The van der Waals surface area contributed by atoms with Gasteiger partial charge in [-0.1, -0.05) is 0 Å². The highest BCUT2D eigenvalue weighted by atomic mass is 19.2. The summed E-state index contributed by atoms with van der Waals surface area (Å²) in [5, 5.41) is 6.05. The van der Waals surface area contributed by atoms with Crippen LogP contribution in [0.2, 0.25) is 0 Å². The third-order valence-electron chi connectivity index (χ3n) is 5.51. The standard InChI is InChI=1S/C22H23F2N5O3/c23-19-15(3-5-17(20(19)24)31-11-14-2-1-9-30-14)28-22-21-16(26-12-27-22)4-6-18(29-21)32-13-7-8-25-10-13/h3-6,12-14,25H,1-2,7-11H2,(H,26,27,28)/t13-,14-/m0/s1. The molecular weight excluding hydrogens is 420 g/mol. The summed E-state index contributed by atoms with van der Waals surface area (Å²) in [5.41, 5.74) is 0.867. The molecule has 0 unspecified atom stereocenters. The minimum Gasteiger partial charge on any atom is -0.488 e. The predicted octanol–water partition coefficient (Wildman–Crippen LogP) is 3.35. The van der Waals surface area contributed by atoms with Gasteiger partial charge in [0, 0.05) is 19.2 Å². The topological polar surface area (TPSA) is 90.4 Å². The lowest BCUT2D eigenvalue weighted by Crippen LogP contribution is -2.20. The molecule has 0 bridgehead atoms. The van der Waals surface area contributed by atoms with Crippen LogP contribution in [0.1, 0.15) is 19.3 Å². The Hall–Kier alpha value is -3.11. The van der Waals surface area contributed by atoms with Crippen molar-refractivity contribution in [3.05, 3.63) is 42.2 Å². The number of nitrogens with zero attached hydrogens (tertiary/aromatic N) is 3. The second-order valence-corrected chi connectivity index (χ2v) is 7.78. The van der Waals surface area contributed by atoms with Crippen molar-refractivity contribution in [3.63, 3.8) is 0 Å². The molecule has 10 heteroatoms. The lowest BCUT2D eigenvalue weighted by Gasteiger charge is -2.15. The molecule has 8 nitrogen and oxygen atoms in total. The van der Waals surface area contributed by atoms with Crippen LogP contribution >= 0.6 is 0 Å². The number of halogens is 2. The van der Waals surface area contributed by atoms with Crippen molar-refractivity contribution in [2.24, 2.45) is 0 Å². The Labute approximate surface area is 183 Å². The van der Waals surface area contributed by atoms with Gasteiger partial charge in [0.25, 0.3) is 0 Å². The van der Waals surface area contributed by atoms with E-state index in [2.05, 4.69) is 25.6 Å². The largest absolute Gasteiger partial charge is 0.488 e. The van der Waals surface area contributed by atoms with Gasteiger partial charge in [-0.3, -0.25) is 0 Å². The molecule has 0 aliphatic carbocycles. The fourth-order valence-electron chi connectivity index (χ4n) is 3.80. The summed E-state index contributed by atoms with van der Waals surface area (Å²) in [6.45, 7) is 2.50. The Morgan fingerprint density at radius 3 is 2.88 bits per heavy atom. The van der Waals surface area contributed by atoms with Crippen LogP contribution in [0.25, 0.3) is 11.0 Å². The molecule has 32 heavy (non-hydrogen) atoms. The van der Waals surface area contributed by atoms with E-state index in [0.29, 0.717) is 23.5 Å². The Bertz CT molecular complexity index is 1100. The van der Waals surface area contributed by atoms with E-state index in [1.807, 2.05) is 0 Å². The van der Waals surface area contributed by atoms with Crippen molar-refractivity contribution in [3.8, 4) is 11.6 Å². The lowest BCUT2D eigenvalue weighted by molar-refractivity contribution is 0.0663. The van der Waals surface area contributed by atoms with Gasteiger partial charge in [-0.25, -0.2) is 19.3 Å². The maximum absolute atomic E-state index is 14.8. The van der Waals surface area contributed by atoms with Crippen LogP contribution < -0.4 is 20.1 Å². The number of hydrogen-bond donors (Lipinski definition) is 2. The van der Waals surface area contributed by atoms with E-state index in [0.717, 1.165) is 32.4 Å². The van der Waals surface area contributed by atoms with E-state index in [1.165, 1.54) is 18.5 Å². The average Bonchev–Trinajstić information content (AvgIpc) is 3.51. The number of hydrogen-bond acceptors (Lipinski definition) is 8. The smallest absolute Gasteiger partial charge is 0.214 e. The maximum atomic E-state index is 14.8. The molecule has 2 aliphatic heterocycles. The highest BCUT2D eigenvalue weighted by Crippen LogP contribution is 2.30. The highest BCUT2D eigenvalue weighted by Gasteiger charge is 2.21. The average molecular weight is 443 g/mol. The molecule has 5 rings (SSSR count). The molecule has 2 atom stereocenters. The number of pyridine rings is 1. The van der Waals surface area contributed by atoms with Gasteiger partial charge in [0.05, 0.1) is 17.3 Å². The Morgan fingerprint density at radius 1 is 1.12 bits per heavy atom. The molecule has 2 aromatic heterocycles. The predicted molar refractivity (Wildman–Crippen MR) is 113 cm³/mol. The molecule has 1 aromatic carbocycles. The van der Waals surface area contributed by atoms with Crippen molar-refractivity contribution in [2.45, 2.75) is 31.5 Å². The number of nitrogens with one attached hydrogen (secondary N) is 2. The first-order valence-electron chi connectivity index (χ1n) is 10.7. The van der Waals surface area contributed by atoms with Crippen molar-refractivity contribution in [2.75, 3.05) is 31.6 Å². The van der Waals surface area contributed by atoms with Crippen molar-refractivity contribution >= 4 is 22.5 Å². The fraction of sp³-hybridized carbons (Fsp3) is 0.409. The van der Waals surface area contributed by atoms with Crippen LogP contribution in [0.3, 0.4) is 0 Å². The van der Waals surface area contributed by atoms with Gasteiger partial charge in [0.1, 0.15) is 24.6 Å². The van der Waals surface area contributed by atoms with Gasteiger partial charge in [-0.05, 0) is 44.0 Å². The summed E-state index contributed by atoms with van der Waals surface area (Å²) in [5.74, 6) is -1.62. The first-order valence-corrected chi connectivity index (χ1v) is 10.7. The molecule has 0 spiro atoms. The molecule has 4 heterocycles. The van der Waals surface area contributed by atoms with E-state index >= 15 is 0 Å². The maximum Gasteiger partial charge on any atom is 0.214 e. The summed E-state index contributed by atoms with van der Waals surface area (Å²) in [4.78, 5) is 12.8. The van der Waals surface area contributed by atoms with E-state index < -0.39 is 11.6 Å². The van der Waals surface area contributed by atoms with Gasteiger partial charge < -0.3 is 24.8 Å². The third kappa shape index (κ3) is 4.42. The second kappa shape index (κ2) is 9.17. The number of ether oxygens (including phenoxy) is 3. The first kappa shape index (κ1) is 20.8. The van der Waals surface area contributed by atoms with Gasteiger partial charge in [-0.2, -0.15) is 4.39 Å². The van der Waals surface area contributed by atoms with E-state index in [1.54, 1.807) is 12.1 Å². The lowest BCUT2D eigenvalue weighted by atomic mass is 10.2. The minimum atomic E-state index is -1.07. The summed E-state index contributed by atoms with van der Waals surface area (Å²) >= 11 is 0. The number of rotatable bonds is 7.